The molecule has 0 spiro atoms. The van der Waals surface area contributed by atoms with Crippen LogP contribution in [-0.2, 0) is 15.1 Å². The van der Waals surface area contributed by atoms with Crippen molar-refractivity contribution in [2.75, 3.05) is 7.05 Å². The number of carbonyl (C=O) groups excluding carboxylic acids is 1. The van der Waals surface area contributed by atoms with Gasteiger partial charge in [0.15, 0.2) is 5.54 Å². The van der Waals surface area contributed by atoms with E-state index in [0.29, 0.717) is 0 Å². The average Bonchev–Trinajstić information content (AvgIpc) is 2.25. The lowest BCUT2D eigenvalue weighted by Gasteiger charge is -2.34. The molecule has 0 aliphatic heterocycles. The number of rotatable bonds is 3. The Balaban J connectivity index is 3.45. The Hall–Kier alpha value is -2.24. The molecule has 1 unspecified atom stereocenters. The highest BCUT2D eigenvalue weighted by atomic mass is 16.4. The van der Waals surface area contributed by atoms with Crippen molar-refractivity contribution in [3.05, 3.63) is 23.8 Å². The van der Waals surface area contributed by atoms with Gasteiger partial charge in [-0.3, -0.25) is 4.79 Å². The van der Waals surface area contributed by atoms with E-state index in [4.69, 9.17) is 0 Å². The Morgan fingerprint density at radius 1 is 1.17 bits per heavy atom. The molecule has 1 atom stereocenters. The van der Waals surface area contributed by atoms with Gasteiger partial charge in [-0.25, -0.2) is 4.79 Å². The number of hydrogen-bond donors (Lipinski definition) is 3. The number of carboxylic acids is 1. The van der Waals surface area contributed by atoms with E-state index >= 15 is 0 Å². The van der Waals surface area contributed by atoms with Crippen LogP contribution in [0.5, 0.6) is 11.5 Å². The standard InChI is InChI=1S/C12H15NO5/c1-7(14)13(3)12(2,11(17)18)8-4-9(15)6-10(16)5-8/h4-6,15-16H,1-3H3,(H,17,18). The third kappa shape index (κ3) is 2.22. The summed E-state index contributed by atoms with van der Waals surface area (Å²) < 4.78 is 0. The van der Waals surface area contributed by atoms with E-state index in [2.05, 4.69) is 0 Å². The molecule has 1 aromatic carbocycles. The Labute approximate surface area is 104 Å². The quantitative estimate of drug-likeness (QED) is 0.742. The van der Waals surface area contributed by atoms with Crippen LogP contribution in [0.15, 0.2) is 18.2 Å². The highest BCUT2D eigenvalue weighted by Crippen LogP contribution is 2.33. The molecule has 3 N–H and O–H groups in total. The number of aromatic hydroxyl groups is 2. The molecule has 1 amide bonds. The van der Waals surface area contributed by atoms with Crippen molar-refractivity contribution in [2.24, 2.45) is 0 Å². The molecule has 1 aromatic rings. The fourth-order valence-electron chi connectivity index (χ4n) is 1.65. The summed E-state index contributed by atoms with van der Waals surface area (Å²) in [7, 11) is 1.34. The minimum atomic E-state index is -1.66. The lowest BCUT2D eigenvalue weighted by atomic mass is 9.90. The first-order valence-corrected chi connectivity index (χ1v) is 5.21. The SMILES string of the molecule is CC(=O)N(C)C(C)(C(=O)O)c1cc(O)cc(O)c1. The van der Waals surface area contributed by atoms with E-state index < -0.39 is 17.4 Å². The normalized spacial score (nSPS) is 13.7. The summed E-state index contributed by atoms with van der Waals surface area (Å²) in [6, 6.07) is 3.49. The Morgan fingerprint density at radius 3 is 1.94 bits per heavy atom. The van der Waals surface area contributed by atoms with Crippen LogP contribution in [-0.4, -0.2) is 39.1 Å². The number of phenolic OH excluding ortho intramolecular Hbond substituents is 2. The van der Waals surface area contributed by atoms with Gasteiger partial charge in [0.2, 0.25) is 5.91 Å². The summed E-state index contributed by atoms with van der Waals surface area (Å²) in [5, 5.41) is 28.1. The number of nitrogens with zero attached hydrogens (tertiary/aromatic N) is 1. The van der Waals surface area contributed by atoms with Crippen molar-refractivity contribution in [2.45, 2.75) is 19.4 Å². The largest absolute Gasteiger partial charge is 0.508 e. The molecule has 0 aliphatic rings. The zero-order chi connectivity index (χ0) is 14.1. The van der Waals surface area contributed by atoms with E-state index in [0.717, 1.165) is 11.0 Å². The van der Waals surface area contributed by atoms with Crippen molar-refractivity contribution in [3.8, 4) is 11.5 Å². The molecular weight excluding hydrogens is 238 g/mol. The average molecular weight is 253 g/mol. The van der Waals surface area contributed by atoms with Gasteiger partial charge in [0.05, 0.1) is 0 Å². The second kappa shape index (κ2) is 4.56. The zero-order valence-corrected chi connectivity index (χ0v) is 10.3. The fraction of sp³-hybridized carbons (Fsp3) is 0.333. The van der Waals surface area contributed by atoms with Crippen LogP contribution in [0.4, 0.5) is 0 Å². The molecule has 0 aliphatic carbocycles. The lowest BCUT2D eigenvalue weighted by Crippen LogP contribution is -2.49. The van der Waals surface area contributed by atoms with Crippen LogP contribution in [0, 0.1) is 0 Å². The molecule has 0 saturated carbocycles. The van der Waals surface area contributed by atoms with E-state index in [9.17, 15) is 24.9 Å². The number of benzene rings is 1. The van der Waals surface area contributed by atoms with Crippen LogP contribution in [0.25, 0.3) is 0 Å². The molecule has 6 heteroatoms. The van der Waals surface area contributed by atoms with E-state index in [1.54, 1.807) is 0 Å². The molecule has 0 aromatic heterocycles. The maximum atomic E-state index is 11.4. The van der Waals surface area contributed by atoms with Gasteiger partial charge in [0.25, 0.3) is 0 Å². The molecule has 18 heavy (non-hydrogen) atoms. The molecule has 1 rings (SSSR count). The number of hydrogen-bond acceptors (Lipinski definition) is 4. The second-order valence-corrected chi connectivity index (χ2v) is 4.19. The van der Waals surface area contributed by atoms with Gasteiger partial charge >= 0.3 is 5.97 Å². The number of aliphatic carboxylic acids is 1. The molecule has 98 valence electrons. The summed E-state index contributed by atoms with van der Waals surface area (Å²) in [6.45, 7) is 2.56. The first-order chi connectivity index (χ1) is 8.19. The van der Waals surface area contributed by atoms with Crippen LogP contribution in [0.1, 0.15) is 19.4 Å². The van der Waals surface area contributed by atoms with Crippen LogP contribution < -0.4 is 0 Å². The van der Waals surface area contributed by atoms with Gasteiger partial charge in [0.1, 0.15) is 11.5 Å². The summed E-state index contributed by atoms with van der Waals surface area (Å²) >= 11 is 0. The van der Waals surface area contributed by atoms with Crippen molar-refractivity contribution in [3.63, 3.8) is 0 Å². The van der Waals surface area contributed by atoms with E-state index in [-0.39, 0.29) is 17.1 Å². The third-order valence-corrected chi connectivity index (χ3v) is 3.02. The number of phenols is 2. The Morgan fingerprint density at radius 2 is 1.61 bits per heavy atom. The third-order valence-electron chi connectivity index (χ3n) is 3.02. The number of carboxylic acid groups (broad SMARTS) is 1. The first kappa shape index (κ1) is 13.8. The maximum absolute atomic E-state index is 11.4. The summed E-state index contributed by atoms with van der Waals surface area (Å²) in [5.74, 6) is -2.24. The Bertz CT molecular complexity index is 479. The summed E-state index contributed by atoms with van der Waals surface area (Å²) in [4.78, 5) is 23.8. The first-order valence-electron chi connectivity index (χ1n) is 5.21. The van der Waals surface area contributed by atoms with Crippen LogP contribution >= 0.6 is 0 Å². The predicted molar refractivity (Wildman–Crippen MR) is 63.2 cm³/mol. The maximum Gasteiger partial charge on any atom is 0.334 e. The molecular formula is C12H15NO5. The Kier molecular flexibility index (Phi) is 3.50. The zero-order valence-electron chi connectivity index (χ0n) is 10.3. The molecule has 0 bridgehead atoms. The van der Waals surface area contributed by atoms with Gasteiger partial charge in [-0.1, -0.05) is 0 Å². The molecule has 0 radical (unpaired) electrons. The molecule has 0 fully saturated rings. The van der Waals surface area contributed by atoms with Crippen molar-refractivity contribution < 1.29 is 24.9 Å². The van der Waals surface area contributed by atoms with Crippen LogP contribution in [0.3, 0.4) is 0 Å². The second-order valence-electron chi connectivity index (χ2n) is 4.19. The van der Waals surface area contributed by atoms with E-state index in [1.165, 1.54) is 33.0 Å². The van der Waals surface area contributed by atoms with Gasteiger partial charge < -0.3 is 20.2 Å². The number of amides is 1. The number of likely N-dealkylation sites (N-methyl/N-ethyl adjacent to an activating group) is 1. The molecule has 0 heterocycles. The summed E-state index contributed by atoms with van der Waals surface area (Å²) in [5.41, 5.74) is -1.55. The predicted octanol–water partition coefficient (Wildman–Crippen LogP) is 0.876. The van der Waals surface area contributed by atoms with Gasteiger partial charge in [0, 0.05) is 20.0 Å². The fourth-order valence-corrected chi connectivity index (χ4v) is 1.65. The highest BCUT2D eigenvalue weighted by molar-refractivity contribution is 5.87. The van der Waals surface area contributed by atoms with Crippen molar-refractivity contribution in [1.29, 1.82) is 0 Å². The van der Waals surface area contributed by atoms with Crippen molar-refractivity contribution >= 4 is 11.9 Å². The van der Waals surface area contributed by atoms with E-state index in [1.807, 2.05) is 0 Å². The van der Waals surface area contributed by atoms with Gasteiger partial charge in [-0.15, -0.1) is 0 Å². The summed E-state index contributed by atoms with van der Waals surface area (Å²) in [6.07, 6.45) is 0. The molecule has 6 nitrogen and oxygen atoms in total. The van der Waals surface area contributed by atoms with Crippen molar-refractivity contribution in [1.82, 2.24) is 4.90 Å². The monoisotopic (exact) mass is 253 g/mol. The molecule has 0 saturated heterocycles. The van der Waals surface area contributed by atoms with Gasteiger partial charge in [-0.05, 0) is 24.6 Å². The minimum Gasteiger partial charge on any atom is -0.508 e. The van der Waals surface area contributed by atoms with Crippen LogP contribution in [0.2, 0.25) is 0 Å². The lowest BCUT2D eigenvalue weighted by molar-refractivity contribution is -0.156. The smallest absolute Gasteiger partial charge is 0.334 e. The highest BCUT2D eigenvalue weighted by Gasteiger charge is 2.41. The minimum absolute atomic E-state index is 0.116. The number of carbonyl (C=O) groups is 2. The topological polar surface area (TPSA) is 98.1 Å². The van der Waals surface area contributed by atoms with Gasteiger partial charge in [-0.2, -0.15) is 0 Å².